The Balaban J connectivity index is 2.00. The highest BCUT2D eigenvalue weighted by Gasteiger charge is 2.16. The second-order valence-electron chi connectivity index (χ2n) is 4.27. The van der Waals surface area contributed by atoms with Crippen molar-refractivity contribution in [1.29, 1.82) is 0 Å². The number of thioether (sulfide) groups is 1. The Morgan fingerprint density at radius 1 is 1.38 bits per heavy atom. The third-order valence-corrected chi connectivity index (χ3v) is 4.91. The summed E-state index contributed by atoms with van der Waals surface area (Å²) in [7, 11) is 0. The van der Waals surface area contributed by atoms with E-state index in [0.717, 1.165) is 16.6 Å². The quantitative estimate of drug-likeness (QED) is 0.659. The van der Waals surface area contributed by atoms with Crippen LogP contribution in [-0.4, -0.2) is 5.75 Å². The van der Waals surface area contributed by atoms with Crippen LogP contribution in [0.5, 0.6) is 0 Å². The molecule has 88 valence electrons. The normalized spacial score (nSPS) is 16.9. The molecule has 16 heavy (non-hydrogen) atoms. The zero-order valence-electron chi connectivity index (χ0n) is 9.01. The van der Waals surface area contributed by atoms with Crippen molar-refractivity contribution in [2.45, 2.75) is 30.6 Å². The smallest absolute Gasteiger partial charge is 0.138 e. The van der Waals surface area contributed by atoms with Crippen LogP contribution in [0.2, 0.25) is 0 Å². The van der Waals surface area contributed by atoms with Gasteiger partial charge in [-0.05, 0) is 46.8 Å². The molecule has 0 bridgehead atoms. The Bertz CT molecular complexity index is 378. The molecule has 0 amide bonds. The number of nitrogens with two attached hydrogens (primary N) is 1. The lowest BCUT2D eigenvalue weighted by Gasteiger charge is -2.10. The molecular weight excluding hydrogens is 289 g/mol. The van der Waals surface area contributed by atoms with Gasteiger partial charge in [0.05, 0.1) is 4.47 Å². The van der Waals surface area contributed by atoms with Crippen LogP contribution in [0.4, 0.5) is 10.1 Å². The fourth-order valence-electron chi connectivity index (χ4n) is 2.05. The molecule has 1 saturated carbocycles. The molecule has 0 spiro atoms. The minimum Gasteiger partial charge on any atom is -0.398 e. The second kappa shape index (κ2) is 5.41. The van der Waals surface area contributed by atoms with Crippen LogP contribution in [0.1, 0.15) is 25.7 Å². The van der Waals surface area contributed by atoms with Crippen molar-refractivity contribution in [3.63, 3.8) is 0 Å². The molecule has 1 fully saturated rings. The lowest BCUT2D eigenvalue weighted by Crippen LogP contribution is -1.98. The first kappa shape index (κ1) is 12.2. The van der Waals surface area contributed by atoms with Crippen LogP contribution in [0, 0.1) is 11.7 Å². The first-order chi connectivity index (χ1) is 7.66. The predicted molar refractivity (Wildman–Crippen MR) is 71.2 cm³/mol. The lowest BCUT2D eigenvalue weighted by molar-refractivity contribution is 0.616. The van der Waals surface area contributed by atoms with E-state index in [2.05, 4.69) is 15.9 Å². The Kier molecular flexibility index (Phi) is 4.14. The lowest BCUT2D eigenvalue weighted by atomic mass is 10.1. The molecule has 4 heteroatoms. The van der Waals surface area contributed by atoms with E-state index in [4.69, 9.17) is 5.73 Å². The van der Waals surface area contributed by atoms with Gasteiger partial charge >= 0.3 is 0 Å². The van der Waals surface area contributed by atoms with Crippen LogP contribution in [0.25, 0.3) is 0 Å². The minimum absolute atomic E-state index is 0.233. The SMILES string of the molecule is Nc1cc(Br)c(F)cc1SCC1CCCC1. The molecule has 2 rings (SSSR count). The zero-order chi connectivity index (χ0) is 11.5. The highest BCUT2D eigenvalue weighted by molar-refractivity contribution is 9.10. The number of nitrogen functional groups attached to an aromatic ring is 1. The van der Waals surface area contributed by atoms with Crippen LogP contribution >= 0.6 is 27.7 Å². The maximum atomic E-state index is 13.3. The van der Waals surface area contributed by atoms with Crippen LogP contribution in [-0.2, 0) is 0 Å². The molecular formula is C12H15BrFNS. The van der Waals surface area contributed by atoms with Crippen molar-refractivity contribution in [1.82, 2.24) is 0 Å². The molecule has 0 aromatic heterocycles. The van der Waals surface area contributed by atoms with Gasteiger partial charge in [0, 0.05) is 16.3 Å². The topological polar surface area (TPSA) is 26.0 Å². The van der Waals surface area contributed by atoms with E-state index in [1.807, 2.05) is 0 Å². The highest BCUT2D eigenvalue weighted by atomic mass is 79.9. The highest BCUT2D eigenvalue weighted by Crippen LogP contribution is 2.35. The largest absolute Gasteiger partial charge is 0.398 e. The van der Waals surface area contributed by atoms with E-state index in [-0.39, 0.29) is 5.82 Å². The Labute approximate surface area is 108 Å². The predicted octanol–water partition coefficient (Wildman–Crippen LogP) is 4.45. The molecule has 2 N–H and O–H groups in total. The van der Waals surface area contributed by atoms with Crippen molar-refractivity contribution in [3.8, 4) is 0 Å². The minimum atomic E-state index is -0.233. The molecule has 0 aliphatic heterocycles. The van der Waals surface area contributed by atoms with Gasteiger partial charge in [-0.3, -0.25) is 0 Å². The molecule has 0 atom stereocenters. The van der Waals surface area contributed by atoms with Gasteiger partial charge in [0.2, 0.25) is 0 Å². The molecule has 0 radical (unpaired) electrons. The van der Waals surface area contributed by atoms with Gasteiger partial charge in [-0.1, -0.05) is 12.8 Å². The number of halogens is 2. The molecule has 0 saturated heterocycles. The number of benzene rings is 1. The maximum Gasteiger partial charge on any atom is 0.138 e. The summed E-state index contributed by atoms with van der Waals surface area (Å²) in [5.74, 6) is 1.62. The van der Waals surface area contributed by atoms with Gasteiger partial charge in [-0.25, -0.2) is 4.39 Å². The standard InChI is InChI=1S/C12H15BrFNS/c13-9-5-11(15)12(6-10(9)14)16-7-8-3-1-2-4-8/h5-6,8H,1-4,7,15H2. The third kappa shape index (κ3) is 2.92. The Hall–Kier alpha value is -0.220. The van der Waals surface area contributed by atoms with Gasteiger partial charge in [0.15, 0.2) is 0 Å². The number of anilines is 1. The summed E-state index contributed by atoms with van der Waals surface area (Å²) in [6.45, 7) is 0. The third-order valence-electron chi connectivity index (χ3n) is 3.00. The van der Waals surface area contributed by atoms with Gasteiger partial charge in [0.1, 0.15) is 5.82 Å². The van der Waals surface area contributed by atoms with Crippen molar-refractivity contribution < 1.29 is 4.39 Å². The number of hydrogen-bond acceptors (Lipinski definition) is 2. The first-order valence-electron chi connectivity index (χ1n) is 5.54. The Morgan fingerprint density at radius 2 is 2.06 bits per heavy atom. The van der Waals surface area contributed by atoms with Crippen molar-refractivity contribution >= 4 is 33.4 Å². The summed E-state index contributed by atoms with van der Waals surface area (Å²) in [5, 5.41) is 0. The van der Waals surface area contributed by atoms with E-state index in [1.54, 1.807) is 17.8 Å². The van der Waals surface area contributed by atoms with Gasteiger partial charge in [0.25, 0.3) is 0 Å². The fourth-order valence-corrected chi connectivity index (χ4v) is 3.58. The van der Waals surface area contributed by atoms with E-state index in [1.165, 1.54) is 31.7 Å². The van der Waals surface area contributed by atoms with Gasteiger partial charge < -0.3 is 5.73 Å². The van der Waals surface area contributed by atoms with E-state index >= 15 is 0 Å². The van der Waals surface area contributed by atoms with Crippen LogP contribution in [0.3, 0.4) is 0 Å². The van der Waals surface area contributed by atoms with Crippen molar-refractivity contribution in [2.24, 2.45) is 5.92 Å². The summed E-state index contributed by atoms with van der Waals surface area (Å²) in [6, 6.07) is 3.17. The summed E-state index contributed by atoms with van der Waals surface area (Å²) in [4.78, 5) is 0.868. The van der Waals surface area contributed by atoms with E-state index in [9.17, 15) is 4.39 Å². The molecule has 1 aliphatic carbocycles. The second-order valence-corrected chi connectivity index (χ2v) is 6.18. The maximum absolute atomic E-state index is 13.3. The first-order valence-corrected chi connectivity index (χ1v) is 7.32. The van der Waals surface area contributed by atoms with Crippen LogP contribution in [0.15, 0.2) is 21.5 Å². The van der Waals surface area contributed by atoms with Crippen molar-refractivity contribution in [2.75, 3.05) is 11.5 Å². The number of hydrogen-bond donors (Lipinski definition) is 1. The Morgan fingerprint density at radius 3 is 2.75 bits per heavy atom. The zero-order valence-corrected chi connectivity index (χ0v) is 11.4. The fraction of sp³-hybridized carbons (Fsp3) is 0.500. The van der Waals surface area contributed by atoms with Crippen LogP contribution < -0.4 is 5.73 Å². The van der Waals surface area contributed by atoms with E-state index < -0.39 is 0 Å². The molecule has 1 nitrogen and oxygen atoms in total. The summed E-state index contributed by atoms with van der Waals surface area (Å²) < 4.78 is 13.8. The molecule has 1 aliphatic rings. The van der Waals surface area contributed by atoms with Gasteiger partial charge in [-0.15, -0.1) is 11.8 Å². The number of rotatable bonds is 3. The average molecular weight is 304 g/mol. The monoisotopic (exact) mass is 303 g/mol. The van der Waals surface area contributed by atoms with Crippen molar-refractivity contribution in [3.05, 3.63) is 22.4 Å². The average Bonchev–Trinajstić information content (AvgIpc) is 2.74. The molecule has 0 unspecified atom stereocenters. The summed E-state index contributed by atoms with van der Waals surface area (Å²) in [5.41, 5.74) is 6.52. The summed E-state index contributed by atoms with van der Waals surface area (Å²) >= 11 is 4.81. The summed E-state index contributed by atoms with van der Waals surface area (Å²) in [6.07, 6.45) is 5.31. The molecule has 1 aromatic rings. The van der Waals surface area contributed by atoms with Gasteiger partial charge in [-0.2, -0.15) is 0 Å². The molecule has 0 heterocycles. The molecule has 1 aromatic carbocycles. The van der Waals surface area contributed by atoms with E-state index in [0.29, 0.717) is 10.2 Å².